The lowest BCUT2D eigenvalue weighted by Crippen LogP contribution is -2.32. The molecule has 8 nitrogen and oxygen atoms in total. The topological polar surface area (TPSA) is 105 Å². The van der Waals surface area contributed by atoms with E-state index >= 15 is 0 Å². The molecule has 3 aromatic rings. The number of benzene rings is 3. The van der Waals surface area contributed by atoms with Crippen LogP contribution in [0, 0.1) is 5.82 Å². The largest absolute Gasteiger partial charge is 0.465 e. The summed E-state index contributed by atoms with van der Waals surface area (Å²) in [5.41, 5.74) is 0.818. The molecule has 0 radical (unpaired) electrons. The van der Waals surface area contributed by atoms with Crippen molar-refractivity contribution in [1.29, 1.82) is 0 Å². The van der Waals surface area contributed by atoms with Gasteiger partial charge < -0.3 is 15.4 Å². The molecule has 35 heavy (non-hydrogen) atoms. The number of nitrogens with zero attached hydrogens (tertiary/aromatic N) is 1. The van der Waals surface area contributed by atoms with Crippen molar-refractivity contribution in [2.45, 2.75) is 0 Å². The highest BCUT2D eigenvalue weighted by Crippen LogP contribution is 2.30. The summed E-state index contributed by atoms with van der Waals surface area (Å²) in [5, 5.41) is 4.94. The molecule has 0 aromatic heterocycles. The van der Waals surface area contributed by atoms with Crippen LogP contribution in [-0.2, 0) is 14.3 Å². The molecule has 1 heterocycles. The minimum atomic E-state index is -0.762. The first-order chi connectivity index (χ1) is 16.8. The molecular formula is C25H17ClFN3O5. The first-order valence-corrected chi connectivity index (χ1v) is 10.6. The number of ether oxygens (including phenoxy) is 1. The van der Waals surface area contributed by atoms with Gasteiger partial charge in [0.1, 0.15) is 16.5 Å². The molecule has 2 N–H and O–H groups in total. The van der Waals surface area contributed by atoms with Crippen molar-refractivity contribution in [2.24, 2.45) is 0 Å². The second-order valence-corrected chi connectivity index (χ2v) is 7.69. The summed E-state index contributed by atoms with van der Waals surface area (Å²) in [4.78, 5) is 50.7. The lowest BCUT2D eigenvalue weighted by atomic mass is 10.1. The van der Waals surface area contributed by atoms with E-state index in [9.17, 15) is 23.6 Å². The highest BCUT2D eigenvalue weighted by atomic mass is 35.5. The van der Waals surface area contributed by atoms with Crippen LogP contribution in [0.5, 0.6) is 0 Å². The summed E-state index contributed by atoms with van der Waals surface area (Å²) < 4.78 is 18.4. The standard InChI is InChI=1S/C25H17ClFN3O5/c1-35-25(34)15-5-4-6-17(13-15)30-23(32)20(26)21(24(30)33)28-16-11-9-14(10-12-16)22(31)29-19-8-3-2-7-18(19)27/h2-13,28H,1H3,(H,29,31). The maximum absolute atomic E-state index is 13.8. The second kappa shape index (κ2) is 9.78. The van der Waals surface area contributed by atoms with E-state index in [1.54, 1.807) is 6.07 Å². The van der Waals surface area contributed by atoms with Gasteiger partial charge in [-0.15, -0.1) is 0 Å². The van der Waals surface area contributed by atoms with Gasteiger partial charge in [-0.2, -0.15) is 0 Å². The van der Waals surface area contributed by atoms with Gasteiger partial charge in [0.05, 0.1) is 24.0 Å². The molecule has 0 atom stereocenters. The van der Waals surface area contributed by atoms with Crippen LogP contribution in [-0.4, -0.2) is 30.8 Å². The first-order valence-electron chi connectivity index (χ1n) is 10.2. The molecule has 3 aromatic carbocycles. The highest BCUT2D eigenvalue weighted by Gasteiger charge is 2.39. The molecule has 0 aliphatic carbocycles. The van der Waals surface area contributed by atoms with Crippen LogP contribution in [0.2, 0.25) is 0 Å². The number of carbonyl (C=O) groups is 4. The number of amides is 3. The monoisotopic (exact) mass is 493 g/mol. The Hall–Kier alpha value is -4.50. The molecule has 10 heteroatoms. The van der Waals surface area contributed by atoms with Gasteiger partial charge in [-0.1, -0.05) is 29.8 Å². The SMILES string of the molecule is COC(=O)c1cccc(N2C(=O)C(Cl)=C(Nc3ccc(C(=O)Nc4ccccc4F)cc3)C2=O)c1. The van der Waals surface area contributed by atoms with Gasteiger partial charge in [0.25, 0.3) is 17.7 Å². The van der Waals surface area contributed by atoms with Crippen LogP contribution < -0.4 is 15.5 Å². The molecule has 0 fully saturated rings. The van der Waals surface area contributed by atoms with E-state index in [1.807, 2.05) is 0 Å². The Bertz CT molecular complexity index is 1390. The van der Waals surface area contributed by atoms with Crippen LogP contribution >= 0.6 is 11.6 Å². The Kier molecular flexibility index (Phi) is 6.61. The van der Waals surface area contributed by atoms with Crippen molar-refractivity contribution >= 4 is 52.4 Å². The molecule has 0 unspecified atom stereocenters. The molecular weight excluding hydrogens is 477 g/mol. The van der Waals surface area contributed by atoms with Crippen molar-refractivity contribution in [3.63, 3.8) is 0 Å². The maximum atomic E-state index is 13.8. The molecule has 3 amide bonds. The van der Waals surface area contributed by atoms with Gasteiger partial charge in [-0.25, -0.2) is 14.1 Å². The highest BCUT2D eigenvalue weighted by molar-refractivity contribution is 6.53. The fourth-order valence-corrected chi connectivity index (χ4v) is 3.55. The Labute approximate surface area is 203 Å². The van der Waals surface area contributed by atoms with Crippen molar-refractivity contribution in [1.82, 2.24) is 0 Å². The number of para-hydroxylation sites is 1. The number of hydrogen-bond acceptors (Lipinski definition) is 6. The number of imide groups is 1. The molecule has 0 bridgehead atoms. The normalized spacial score (nSPS) is 13.2. The molecule has 4 rings (SSSR count). The summed E-state index contributed by atoms with van der Waals surface area (Å²) >= 11 is 6.15. The van der Waals surface area contributed by atoms with Gasteiger partial charge in [-0.3, -0.25) is 14.4 Å². The quantitative estimate of drug-likeness (QED) is 0.392. The zero-order chi connectivity index (χ0) is 25.1. The number of esters is 1. The number of carbonyl (C=O) groups excluding carboxylic acids is 4. The number of nitrogens with one attached hydrogen (secondary N) is 2. The van der Waals surface area contributed by atoms with Gasteiger partial charge in [0.15, 0.2) is 0 Å². The number of methoxy groups -OCH3 is 1. The smallest absolute Gasteiger partial charge is 0.337 e. The van der Waals surface area contributed by atoms with E-state index in [0.717, 1.165) is 4.90 Å². The average Bonchev–Trinajstić information content (AvgIpc) is 3.08. The van der Waals surface area contributed by atoms with E-state index in [0.29, 0.717) is 5.69 Å². The summed E-state index contributed by atoms with van der Waals surface area (Å²) in [6, 6.07) is 17.5. The van der Waals surface area contributed by atoms with Crippen LogP contribution in [0.15, 0.2) is 83.5 Å². The summed E-state index contributed by atoms with van der Waals surface area (Å²) in [6.07, 6.45) is 0. The van der Waals surface area contributed by atoms with E-state index < -0.39 is 29.5 Å². The minimum absolute atomic E-state index is 0.0445. The molecule has 176 valence electrons. The number of hydrogen-bond donors (Lipinski definition) is 2. The molecule has 0 saturated carbocycles. The lowest BCUT2D eigenvalue weighted by Gasteiger charge is -2.16. The van der Waals surface area contributed by atoms with Gasteiger partial charge >= 0.3 is 5.97 Å². The van der Waals surface area contributed by atoms with E-state index in [4.69, 9.17) is 11.6 Å². The predicted octanol–water partition coefficient (Wildman–Crippen LogP) is 4.30. The maximum Gasteiger partial charge on any atom is 0.337 e. The first kappa shape index (κ1) is 23.7. The average molecular weight is 494 g/mol. The van der Waals surface area contributed by atoms with Gasteiger partial charge in [-0.05, 0) is 54.6 Å². The molecule has 0 saturated heterocycles. The summed E-state index contributed by atoms with van der Waals surface area (Å²) in [5.74, 6) is -3.19. The van der Waals surface area contributed by atoms with Gasteiger partial charge in [0.2, 0.25) is 0 Å². The zero-order valence-electron chi connectivity index (χ0n) is 18.2. The Morgan fingerprint density at radius 2 is 1.63 bits per heavy atom. The second-order valence-electron chi connectivity index (χ2n) is 7.31. The van der Waals surface area contributed by atoms with Crippen molar-refractivity contribution in [2.75, 3.05) is 22.6 Å². The van der Waals surface area contributed by atoms with Crippen molar-refractivity contribution in [3.05, 3.63) is 100 Å². The fraction of sp³-hybridized carbons (Fsp3) is 0.0400. The van der Waals surface area contributed by atoms with Crippen LogP contribution in [0.3, 0.4) is 0 Å². The predicted molar refractivity (Wildman–Crippen MR) is 128 cm³/mol. The number of anilines is 3. The Morgan fingerprint density at radius 1 is 0.914 bits per heavy atom. The number of rotatable bonds is 6. The van der Waals surface area contributed by atoms with E-state index in [2.05, 4.69) is 15.4 Å². The van der Waals surface area contributed by atoms with Crippen LogP contribution in [0.1, 0.15) is 20.7 Å². The van der Waals surface area contributed by atoms with Crippen LogP contribution in [0.25, 0.3) is 0 Å². The third kappa shape index (κ3) is 4.75. The Morgan fingerprint density at radius 3 is 2.31 bits per heavy atom. The molecule has 1 aliphatic heterocycles. The van der Waals surface area contributed by atoms with Crippen molar-refractivity contribution in [3.8, 4) is 0 Å². The lowest BCUT2D eigenvalue weighted by molar-refractivity contribution is -0.120. The molecule has 0 spiro atoms. The van der Waals surface area contributed by atoms with E-state index in [-0.39, 0.29) is 33.2 Å². The molecule has 1 aliphatic rings. The van der Waals surface area contributed by atoms with Crippen molar-refractivity contribution < 1.29 is 28.3 Å². The summed E-state index contributed by atoms with van der Waals surface area (Å²) in [7, 11) is 1.22. The summed E-state index contributed by atoms with van der Waals surface area (Å²) in [6.45, 7) is 0. The van der Waals surface area contributed by atoms with E-state index in [1.165, 1.54) is 73.8 Å². The van der Waals surface area contributed by atoms with Crippen LogP contribution in [0.4, 0.5) is 21.5 Å². The Balaban J connectivity index is 1.50. The third-order valence-electron chi connectivity index (χ3n) is 5.09. The van der Waals surface area contributed by atoms with Gasteiger partial charge in [0, 0.05) is 11.3 Å². The third-order valence-corrected chi connectivity index (χ3v) is 5.44. The zero-order valence-corrected chi connectivity index (χ0v) is 18.9. The number of halogens is 2. The minimum Gasteiger partial charge on any atom is -0.465 e. The fourth-order valence-electron chi connectivity index (χ4n) is 3.34.